The lowest BCUT2D eigenvalue weighted by molar-refractivity contribution is 0.0517. The molecule has 0 saturated carbocycles. The van der Waals surface area contributed by atoms with Gasteiger partial charge in [-0.2, -0.15) is 5.10 Å². The van der Waals surface area contributed by atoms with Crippen LogP contribution in [0.2, 0.25) is 0 Å². The Hall–Kier alpha value is -3.16. The van der Waals surface area contributed by atoms with Crippen LogP contribution in [-0.4, -0.2) is 56.5 Å². The van der Waals surface area contributed by atoms with Gasteiger partial charge in [0.05, 0.1) is 17.2 Å². The van der Waals surface area contributed by atoms with E-state index in [4.69, 9.17) is 0 Å². The van der Waals surface area contributed by atoms with Crippen molar-refractivity contribution in [2.24, 2.45) is 5.41 Å². The SMILES string of the molecule is CNc1nc2cc(C(=O)N3CCC4(CC3)CC(=O)c3c(cnn3C(C)C)C4)ccc2[nH]1. The Kier molecular flexibility index (Phi) is 4.60. The molecule has 5 rings (SSSR count). The van der Waals surface area contributed by atoms with E-state index in [0.29, 0.717) is 31.0 Å². The van der Waals surface area contributed by atoms with Crippen LogP contribution in [0.3, 0.4) is 0 Å². The van der Waals surface area contributed by atoms with E-state index in [0.717, 1.165) is 41.6 Å². The average Bonchev–Trinajstić information content (AvgIpc) is 3.37. The Balaban J connectivity index is 1.31. The molecule has 2 aromatic heterocycles. The second-order valence-electron chi connectivity index (χ2n) is 9.19. The van der Waals surface area contributed by atoms with Crippen LogP contribution < -0.4 is 5.32 Å². The van der Waals surface area contributed by atoms with E-state index in [2.05, 4.69) is 34.2 Å². The van der Waals surface area contributed by atoms with E-state index >= 15 is 0 Å². The molecule has 1 aliphatic heterocycles. The van der Waals surface area contributed by atoms with E-state index in [9.17, 15) is 9.59 Å². The van der Waals surface area contributed by atoms with E-state index in [1.807, 2.05) is 34.0 Å². The summed E-state index contributed by atoms with van der Waals surface area (Å²) in [4.78, 5) is 35.6. The van der Waals surface area contributed by atoms with Crippen molar-refractivity contribution in [3.05, 3.63) is 41.2 Å². The van der Waals surface area contributed by atoms with Crippen LogP contribution in [0.1, 0.15) is 65.6 Å². The molecule has 3 aromatic rings. The summed E-state index contributed by atoms with van der Waals surface area (Å²) in [6.07, 6.45) is 4.96. The number of carbonyl (C=O) groups excluding carboxylic acids is 2. The number of benzene rings is 1. The van der Waals surface area contributed by atoms with Crippen molar-refractivity contribution in [3.63, 3.8) is 0 Å². The van der Waals surface area contributed by atoms with Crippen molar-refractivity contribution in [2.75, 3.05) is 25.5 Å². The smallest absolute Gasteiger partial charge is 0.253 e. The summed E-state index contributed by atoms with van der Waals surface area (Å²) in [5.41, 5.74) is 4.12. The van der Waals surface area contributed by atoms with E-state index < -0.39 is 0 Å². The van der Waals surface area contributed by atoms with Crippen molar-refractivity contribution in [2.45, 2.75) is 45.6 Å². The van der Waals surface area contributed by atoms with Crippen LogP contribution in [0, 0.1) is 5.41 Å². The molecule has 2 aliphatic rings. The molecule has 1 aliphatic carbocycles. The number of anilines is 1. The van der Waals surface area contributed by atoms with Gasteiger partial charge in [0.25, 0.3) is 5.91 Å². The quantitative estimate of drug-likeness (QED) is 0.677. The highest BCUT2D eigenvalue weighted by Crippen LogP contribution is 2.44. The predicted octanol–water partition coefficient (Wildman–Crippen LogP) is 3.43. The fourth-order valence-corrected chi connectivity index (χ4v) is 5.09. The third-order valence-corrected chi connectivity index (χ3v) is 6.80. The van der Waals surface area contributed by atoms with E-state index in [1.54, 1.807) is 7.05 Å². The van der Waals surface area contributed by atoms with Crippen molar-refractivity contribution in [3.8, 4) is 0 Å². The number of ketones is 1. The standard InChI is InChI=1S/C23H28N6O2/c1-14(2)29-20-16(13-25-29)11-23(12-19(20)30)6-8-28(9-7-23)21(31)15-4-5-17-18(10-15)27-22(24-3)26-17/h4-5,10,13-14H,6-9,11-12H2,1-3H3,(H2,24,26,27). The van der Waals surface area contributed by atoms with E-state index in [-0.39, 0.29) is 23.1 Å². The minimum atomic E-state index is -0.0560. The molecule has 0 radical (unpaired) electrons. The van der Waals surface area contributed by atoms with Crippen LogP contribution in [0.5, 0.6) is 0 Å². The van der Waals surface area contributed by atoms with Gasteiger partial charge in [0, 0.05) is 43.7 Å². The number of amides is 1. The molecule has 1 saturated heterocycles. The van der Waals surface area contributed by atoms with Gasteiger partial charge in [-0.05, 0) is 56.7 Å². The number of rotatable bonds is 3. The fraction of sp³-hybridized carbons (Fsp3) is 0.478. The average molecular weight is 421 g/mol. The van der Waals surface area contributed by atoms with Gasteiger partial charge in [-0.3, -0.25) is 14.3 Å². The zero-order valence-corrected chi connectivity index (χ0v) is 18.2. The van der Waals surface area contributed by atoms with Crippen molar-refractivity contribution in [1.29, 1.82) is 0 Å². The first kappa shape index (κ1) is 19.8. The lowest BCUT2D eigenvalue weighted by atomic mass is 9.67. The molecule has 1 amide bonds. The molecule has 0 bridgehead atoms. The zero-order chi connectivity index (χ0) is 21.8. The summed E-state index contributed by atoms with van der Waals surface area (Å²) < 4.78 is 1.86. The minimum absolute atomic E-state index is 0.0289. The highest BCUT2D eigenvalue weighted by molar-refractivity contribution is 5.98. The normalized spacial score (nSPS) is 18.1. The van der Waals surface area contributed by atoms with Gasteiger partial charge in [0.2, 0.25) is 5.95 Å². The number of nitrogens with zero attached hydrogens (tertiary/aromatic N) is 4. The largest absolute Gasteiger partial charge is 0.359 e. The van der Waals surface area contributed by atoms with Crippen molar-refractivity contribution >= 4 is 28.7 Å². The highest BCUT2D eigenvalue weighted by Gasteiger charge is 2.43. The number of fused-ring (bicyclic) bond motifs is 2. The van der Waals surface area contributed by atoms with Crippen LogP contribution in [-0.2, 0) is 6.42 Å². The van der Waals surface area contributed by atoms with Gasteiger partial charge >= 0.3 is 0 Å². The maximum Gasteiger partial charge on any atom is 0.253 e. The highest BCUT2D eigenvalue weighted by atomic mass is 16.2. The number of hydrogen-bond acceptors (Lipinski definition) is 5. The number of nitrogens with one attached hydrogen (secondary N) is 2. The first-order valence-corrected chi connectivity index (χ1v) is 11.0. The third-order valence-electron chi connectivity index (χ3n) is 6.80. The summed E-state index contributed by atoms with van der Waals surface area (Å²) >= 11 is 0. The number of aromatic nitrogens is 4. The van der Waals surface area contributed by atoms with Gasteiger partial charge < -0.3 is 15.2 Å². The molecular formula is C23H28N6O2. The molecule has 1 aromatic carbocycles. The number of H-pyrrole nitrogens is 1. The Labute approximate surface area is 181 Å². The Morgan fingerprint density at radius 3 is 2.71 bits per heavy atom. The molecular weight excluding hydrogens is 392 g/mol. The maximum atomic E-state index is 13.1. The first-order valence-electron chi connectivity index (χ1n) is 11.0. The number of hydrogen-bond donors (Lipinski definition) is 2. The lowest BCUT2D eigenvalue weighted by Crippen LogP contribution is -2.46. The third kappa shape index (κ3) is 3.30. The number of Topliss-reactive ketones (excluding diaryl/α,β-unsaturated/α-hetero) is 1. The molecule has 8 heteroatoms. The molecule has 3 heterocycles. The summed E-state index contributed by atoms with van der Waals surface area (Å²) in [6.45, 7) is 5.43. The number of imidazole rings is 1. The molecule has 1 spiro atoms. The van der Waals surface area contributed by atoms with Gasteiger partial charge in [0.15, 0.2) is 5.78 Å². The van der Waals surface area contributed by atoms with Gasteiger partial charge in [-0.25, -0.2) is 4.98 Å². The monoisotopic (exact) mass is 420 g/mol. The van der Waals surface area contributed by atoms with Gasteiger partial charge in [-0.15, -0.1) is 0 Å². The number of piperidine rings is 1. The lowest BCUT2D eigenvalue weighted by Gasteiger charge is -2.43. The van der Waals surface area contributed by atoms with Crippen LogP contribution >= 0.6 is 0 Å². The summed E-state index contributed by atoms with van der Waals surface area (Å²) in [5.74, 6) is 0.902. The van der Waals surface area contributed by atoms with Gasteiger partial charge in [-0.1, -0.05) is 0 Å². The fourth-order valence-electron chi connectivity index (χ4n) is 5.09. The Bertz CT molecular complexity index is 1170. The first-order chi connectivity index (χ1) is 14.9. The molecule has 31 heavy (non-hydrogen) atoms. The number of aromatic amines is 1. The zero-order valence-electron chi connectivity index (χ0n) is 18.2. The molecule has 2 N–H and O–H groups in total. The van der Waals surface area contributed by atoms with Crippen LogP contribution in [0.15, 0.2) is 24.4 Å². The predicted molar refractivity (Wildman–Crippen MR) is 118 cm³/mol. The molecule has 0 unspecified atom stereocenters. The van der Waals surface area contributed by atoms with E-state index in [1.165, 1.54) is 0 Å². The van der Waals surface area contributed by atoms with Crippen molar-refractivity contribution < 1.29 is 9.59 Å². The number of likely N-dealkylation sites (tertiary alicyclic amines) is 1. The molecule has 0 atom stereocenters. The Morgan fingerprint density at radius 1 is 1.23 bits per heavy atom. The van der Waals surface area contributed by atoms with Crippen LogP contribution in [0.4, 0.5) is 5.95 Å². The van der Waals surface area contributed by atoms with Crippen LogP contribution in [0.25, 0.3) is 11.0 Å². The summed E-state index contributed by atoms with van der Waals surface area (Å²) in [5, 5.41) is 7.44. The summed E-state index contributed by atoms with van der Waals surface area (Å²) in [6, 6.07) is 5.77. The Morgan fingerprint density at radius 2 is 2.00 bits per heavy atom. The second-order valence-corrected chi connectivity index (χ2v) is 9.19. The molecule has 1 fully saturated rings. The molecule has 162 valence electrons. The van der Waals surface area contributed by atoms with Crippen molar-refractivity contribution in [1.82, 2.24) is 24.6 Å². The van der Waals surface area contributed by atoms with Gasteiger partial charge in [0.1, 0.15) is 5.69 Å². The summed E-state index contributed by atoms with van der Waals surface area (Å²) in [7, 11) is 1.81. The number of carbonyl (C=O) groups is 2. The topological polar surface area (TPSA) is 95.9 Å². The minimum Gasteiger partial charge on any atom is -0.359 e. The molecule has 8 nitrogen and oxygen atoms in total. The maximum absolute atomic E-state index is 13.1. The second kappa shape index (κ2) is 7.21.